The summed E-state index contributed by atoms with van der Waals surface area (Å²) >= 11 is 0. The Morgan fingerprint density at radius 2 is 1.84 bits per heavy atom. The Balaban J connectivity index is 1.50. The maximum Gasteiger partial charge on any atom is 0.263 e. The Bertz CT molecular complexity index is 1160. The lowest BCUT2D eigenvalue weighted by molar-refractivity contribution is -0.116. The molecule has 2 heterocycles. The third-order valence-corrected chi connectivity index (χ3v) is 5.30. The zero-order valence-electron chi connectivity index (χ0n) is 17.9. The minimum Gasteiger partial charge on any atom is -0.436 e. The average Bonchev–Trinajstić information content (AvgIpc) is 2.85. The predicted octanol–water partition coefficient (Wildman–Crippen LogP) is 5.18. The molecule has 0 saturated carbocycles. The smallest absolute Gasteiger partial charge is 0.263 e. The quantitative estimate of drug-likeness (QED) is 0.623. The molecule has 0 fully saturated rings. The van der Waals surface area contributed by atoms with Crippen LogP contribution in [0.25, 0.3) is 0 Å². The molecule has 1 aliphatic rings. The van der Waals surface area contributed by atoms with Crippen LogP contribution >= 0.6 is 0 Å². The highest BCUT2D eigenvalue weighted by Gasteiger charge is 2.28. The summed E-state index contributed by atoms with van der Waals surface area (Å²) in [6, 6.07) is 15.1. The summed E-state index contributed by atoms with van der Waals surface area (Å²) in [7, 11) is 0. The van der Waals surface area contributed by atoms with E-state index in [1.807, 2.05) is 57.2 Å². The van der Waals surface area contributed by atoms with Crippen LogP contribution in [0.15, 0.2) is 54.7 Å². The van der Waals surface area contributed by atoms with Crippen LogP contribution in [0.1, 0.15) is 39.9 Å². The van der Waals surface area contributed by atoms with E-state index in [4.69, 9.17) is 4.74 Å². The van der Waals surface area contributed by atoms with Gasteiger partial charge in [0.25, 0.3) is 5.91 Å². The van der Waals surface area contributed by atoms with Crippen LogP contribution < -0.4 is 15.0 Å². The lowest BCUT2D eigenvalue weighted by atomic mass is 10.1. The van der Waals surface area contributed by atoms with E-state index in [1.165, 1.54) is 0 Å². The Morgan fingerprint density at radius 3 is 2.65 bits per heavy atom. The zero-order chi connectivity index (χ0) is 22.0. The van der Waals surface area contributed by atoms with Crippen molar-refractivity contribution in [1.29, 1.82) is 0 Å². The van der Waals surface area contributed by atoms with Gasteiger partial charge in [0.1, 0.15) is 5.56 Å². The number of hydrogen-bond acceptors (Lipinski definition) is 4. The molecule has 3 aromatic rings. The van der Waals surface area contributed by atoms with Gasteiger partial charge in [0, 0.05) is 24.8 Å². The molecule has 0 spiro atoms. The van der Waals surface area contributed by atoms with Gasteiger partial charge in [-0.1, -0.05) is 23.8 Å². The van der Waals surface area contributed by atoms with Crippen LogP contribution in [0.4, 0.5) is 11.4 Å². The zero-order valence-corrected chi connectivity index (χ0v) is 17.9. The molecule has 0 atom stereocenters. The predicted molar refractivity (Wildman–Crippen MR) is 121 cm³/mol. The number of carbonyl (C=O) groups is 2. The number of rotatable bonds is 5. The van der Waals surface area contributed by atoms with Gasteiger partial charge in [0.2, 0.25) is 11.8 Å². The van der Waals surface area contributed by atoms with Gasteiger partial charge >= 0.3 is 0 Å². The highest BCUT2D eigenvalue weighted by Crippen LogP contribution is 2.38. The van der Waals surface area contributed by atoms with Crippen molar-refractivity contribution < 1.29 is 14.3 Å². The van der Waals surface area contributed by atoms with Crippen LogP contribution in [-0.2, 0) is 4.79 Å². The normalized spacial score (nSPS) is 12.5. The van der Waals surface area contributed by atoms with Gasteiger partial charge in [0.05, 0.1) is 5.69 Å². The average molecular weight is 415 g/mol. The van der Waals surface area contributed by atoms with Gasteiger partial charge in [-0.15, -0.1) is 0 Å². The van der Waals surface area contributed by atoms with Crippen LogP contribution in [0.2, 0.25) is 0 Å². The minimum absolute atomic E-state index is 0.0722. The van der Waals surface area contributed by atoms with E-state index in [0.29, 0.717) is 42.3 Å². The summed E-state index contributed by atoms with van der Waals surface area (Å²) in [5.41, 5.74) is 5.12. The fraction of sp³-hybridized carbons (Fsp3) is 0.240. The number of nitrogens with zero attached hydrogens (tertiary/aromatic N) is 2. The Morgan fingerprint density at radius 1 is 1.06 bits per heavy atom. The number of pyridine rings is 1. The van der Waals surface area contributed by atoms with Gasteiger partial charge < -0.3 is 15.0 Å². The second-order valence-corrected chi connectivity index (χ2v) is 7.86. The van der Waals surface area contributed by atoms with Gasteiger partial charge in [-0.25, -0.2) is 4.98 Å². The number of carbonyl (C=O) groups excluding carboxylic acids is 2. The van der Waals surface area contributed by atoms with Crippen molar-refractivity contribution in [3.8, 4) is 11.6 Å². The van der Waals surface area contributed by atoms with Crippen LogP contribution in [0, 0.1) is 20.8 Å². The third kappa shape index (κ3) is 4.43. The van der Waals surface area contributed by atoms with E-state index in [9.17, 15) is 9.59 Å². The van der Waals surface area contributed by atoms with Crippen LogP contribution in [-0.4, -0.2) is 23.3 Å². The number of anilines is 2. The highest BCUT2D eigenvalue weighted by atomic mass is 16.5. The van der Waals surface area contributed by atoms with E-state index in [2.05, 4.69) is 10.3 Å². The molecule has 0 saturated heterocycles. The summed E-state index contributed by atoms with van der Waals surface area (Å²) in [6.45, 7) is 6.36. The van der Waals surface area contributed by atoms with Crippen LogP contribution in [0.5, 0.6) is 11.6 Å². The van der Waals surface area contributed by atoms with Crippen molar-refractivity contribution in [3.63, 3.8) is 0 Å². The van der Waals surface area contributed by atoms with E-state index in [1.54, 1.807) is 23.2 Å². The number of benzene rings is 2. The first-order valence-corrected chi connectivity index (χ1v) is 10.3. The number of aryl methyl sites for hydroxylation is 3. The SMILES string of the molecule is Cc1ccc(NC(=O)CCCN2C(=O)c3cccnc3Oc3ccc(C)cc32)c(C)c1. The number of ether oxygens (including phenoxy) is 1. The topological polar surface area (TPSA) is 71.5 Å². The van der Waals surface area contributed by atoms with Crippen molar-refractivity contribution in [1.82, 2.24) is 4.98 Å². The summed E-state index contributed by atoms with van der Waals surface area (Å²) < 4.78 is 5.93. The molecular weight excluding hydrogens is 390 g/mol. The fourth-order valence-electron chi connectivity index (χ4n) is 3.70. The number of hydrogen-bond donors (Lipinski definition) is 1. The number of aromatic nitrogens is 1. The summed E-state index contributed by atoms with van der Waals surface area (Å²) in [4.78, 5) is 31.7. The van der Waals surface area contributed by atoms with Gasteiger partial charge in [-0.2, -0.15) is 0 Å². The summed E-state index contributed by atoms with van der Waals surface area (Å²) in [5, 5.41) is 2.97. The standard InChI is InChI=1S/C25H25N3O3/c1-16-8-10-20(18(3)14-16)27-23(29)7-5-13-28-21-15-17(2)9-11-22(21)31-24-19(25(28)30)6-4-12-26-24/h4,6,8-12,14-15H,5,7,13H2,1-3H3,(H,27,29). The molecule has 2 aromatic carbocycles. The fourth-order valence-corrected chi connectivity index (χ4v) is 3.70. The molecule has 0 radical (unpaired) electrons. The van der Waals surface area contributed by atoms with Crippen molar-refractivity contribution in [3.05, 3.63) is 77.0 Å². The summed E-state index contributed by atoms with van der Waals surface area (Å²) in [6.07, 6.45) is 2.43. The molecule has 158 valence electrons. The van der Waals surface area contributed by atoms with Crippen molar-refractivity contribution in [2.45, 2.75) is 33.6 Å². The van der Waals surface area contributed by atoms with Gasteiger partial charge in [-0.05, 0) is 68.7 Å². The molecule has 6 nitrogen and oxygen atoms in total. The molecule has 0 unspecified atom stereocenters. The lowest BCUT2D eigenvalue weighted by Crippen LogP contribution is -2.32. The van der Waals surface area contributed by atoms with Crippen LogP contribution in [0.3, 0.4) is 0 Å². The number of amides is 2. The van der Waals surface area contributed by atoms with E-state index in [0.717, 1.165) is 22.4 Å². The monoisotopic (exact) mass is 415 g/mol. The second kappa shape index (κ2) is 8.60. The lowest BCUT2D eigenvalue weighted by Gasteiger charge is -2.22. The minimum atomic E-state index is -0.178. The Kier molecular flexibility index (Phi) is 5.71. The first-order chi connectivity index (χ1) is 14.9. The largest absolute Gasteiger partial charge is 0.436 e. The molecule has 0 aliphatic carbocycles. The molecule has 2 amide bonds. The summed E-state index contributed by atoms with van der Waals surface area (Å²) in [5.74, 6) is 0.628. The molecule has 1 aliphatic heterocycles. The molecule has 1 aromatic heterocycles. The van der Waals surface area contributed by atoms with Crippen molar-refractivity contribution in [2.24, 2.45) is 0 Å². The van der Waals surface area contributed by atoms with Gasteiger partial charge in [0.15, 0.2) is 5.75 Å². The highest BCUT2D eigenvalue weighted by molar-refractivity contribution is 6.09. The van der Waals surface area contributed by atoms with E-state index in [-0.39, 0.29) is 11.8 Å². The Hall–Kier alpha value is -3.67. The van der Waals surface area contributed by atoms with Crippen molar-refractivity contribution in [2.75, 3.05) is 16.8 Å². The van der Waals surface area contributed by atoms with E-state index >= 15 is 0 Å². The number of nitrogens with one attached hydrogen (secondary N) is 1. The molecule has 31 heavy (non-hydrogen) atoms. The maximum atomic E-state index is 13.3. The first-order valence-electron chi connectivity index (χ1n) is 10.3. The van der Waals surface area contributed by atoms with E-state index < -0.39 is 0 Å². The maximum absolute atomic E-state index is 13.3. The number of fused-ring (bicyclic) bond motifs is 2. The molecule has 0 bridgehead atoms. The van der Waals surface area contributed by atoms with Gasteiger partial charge in [-0.3, -0.25) is 9.59 Å². The molecule has 4 rings (SSSR count). The Labute approximate surface area is 181 Å². The molecular formula is C25H25N3O3. The third-order valence-electron chi connectivity index (χ3n) is 5.30. The second-order valence-electron chi connectivity index (χ2n) is 7.86. The van der Waals surface area contributed by atoms with Crippen molar-refractivity contribution >= 4 is 23.2 Å². The molecule has 1 N–H and O–H groups in total. The first kappa shape index (κ1) is 20.6. The molecule has 6 heteroatoms.